The number of ether oxygens (including phenoxy) is 1. The molecule has 4 heterocycles. The summed E-state index contributed by atoms with van der Waals surface area (Å²) in [6.07, 6.45) is 3.17. The largest absolute Gasteiger partial charge is 0.506 e. The monoisotopic (exact) mass is 901 g/mol. The average Bonchev–Trinajstić information content (AvgIpc) is 3.95. The molecule has 0 unspecified atom stereocenters. The van der Waals surface area contributed by atoms with E-state index in [1.807, 2.05) is 36.3 Å². The molecule has 2 saturated carbocycles. The number of aromatic amines is 1. The Morgan fingerprint density at radius 2 is 1.89 bits per heavy atom. The lowest BCUT2D eigenvalue weighted by molar-refractivity contribution is -0.128. The molecule has 2 aliphatic carbocycles. The lowest BCUT2D eigenvalue weighted by Gasteiger charge is -2.47. The number of phenols is 1. The number of rotatable bonds is 12. The minimum Gasteiger partial charge on any atom is -0.506 e. The number of hydrogen-bond donors (Lipinski definition) is 5. The van der Waals surface area contributed by atoms with E-state index in [0.29, 0.717) is 85.0 Å². The van der Waals surface area contributed by atoms with Gasteiger partial charge in [-0.05, 0) is 73.2 Å². The molecule has 0 radical (unpaired) electrons. The summed E-state index contributed by atoms with van der Waals surface area (Å²) in [7, 11) is -4.08. The summed E-state index contributed by atoms with van der Waals surface area (Å²) in [4.78, 5) is 48.0. The van der Waals surface area contributed by atoms with Crippen molar-refractivity contribution in [3.05, 3.63) is 78.6 Å². The molecule has 2 aromatic heterocycles. The summed E-state index contributed by atoms with van der Waals surface area (Å²) in [6.45, 7) is 12.7. The summed E-state index contributed by atoms with van der Waals surface area (Å²) >= 11 is 2.48. The number of aliphatic hydroxyl groups excluding tert-OH is 1. The van der Waals surface area contributed by atoms with Crippen LogP contribution in [-0.2, 0) is 32.6 Å². The van der Waals surface area contributed by atoms with Gasteiger partial charge in [-0.15, -0.1) is 11.3 Å². The van der Waals surface area contributed by atoms with E-state index in [0.717, 1.165) is 54.3 Å². The van der Waals surface area contributed by atoms with E-state index in [9.17, 15) is 37.4 Å². The van der Waals surface area contributed by atoms with Gasteiger partial charge in [-0.2, -0.15) is 8.42 Å². The van der Waals surface area contributed by atoms with Crippen molar-refractivity contribution in [3.8, 4) is 5.75 Å². The molecule has 1 amide bonds. The fourth-order valence-corrected chi connectivity index (χ4v) is 12.7. The number of piperidine rings is 1. The second-order valence-electron chi connectivity index (χ2n) is 17.9. The summed E-state index contributed by atoms with van der Waals surface area (Å²) in [6, 6.07) is 8.32. The van der Waals surface area contributed by atoms with Gasteiger partial charge in [0.15, 0.2) is 0 Å². The summed E-state index contributed by atoms with van der Waals surface area (Å²) in [5, 5.41) is 26.8. The smallest absolute Gasteiger partial charge is 0.305 e. The quantitative estimate of drug-likeness (QED) is 0.0865. The Morgan fingerprint density at radius 3 is 2.54 bits per heavy atom. The van der Waals surface area contributed by atoms with Gasteiger partial charge in [0.25, 0.3) is 16.0 Å². The van der Waals surface area contributed by atoms with E-state index in [4.69, 9.17) is 9.29 Å². The number of ketones is 1. The van der Waals surface area contributed by atoms with Crippen molar-refractivity contribution < 1.29 is 41.9 Å². The summed E-state index contributed by atoms with van der Waals surface area (Å²) in [5.41, 5.74) is 1.57. The van der Waals surface area contributed by atoms with Crippen LogP contribution in [0.4, 0.5) is 4.39 Å². The van der Waals surface area contributed by atoms with Gasteiger partial charge in [0.1, 0.15) is 28.6 Å². The third-order valence-electron chi connectivity index (χ3n) is 13.5. The molecular formula is C43H56FN5O9S3. The predicted molar refractivity (Wildman–Crippen MR) is 232 cm³/mol. The highest BCUT2D eigenvalue weighted by Crippen LogP contribution is 2.64. The van der Waals surface area contributed by atoms with Crippen molar-refractivity contribution in [1.29, 1.82) is 0 Å². The molecule has 3 atom stereocenters. The fraction of sp³-hybridized carbons (Fsp3) is 0.581. The van der Waals surface area contributed by atoms with Crippen molar-refractivity contribution in [2.45, 2.75) is 90.4 Å². The number of nitrogens with one attached hydrogen (secondary N) is 2. The average molecular weight is 902 g/mol. The number of amides is 1. The second-order valence-corrected chi connectivity index (χ2v) is 21.3. The van der Waals surface area contributed by atoms with Crippen LogP contribution in [0.2, 0.25) is 0 Å². The summed E-state index contributed by atoms with van der Waals surface area (Å²) in [5.74, 6) is -0.125. The number of phenolic OH excluding ortho intramolecular Hbond substituents is 1. The zero-order valence-corrected chi connectivity index (χ0v) is 37.5. The van der Waals surface area contributed by atoms with Gasteiger partial charge in [-0.3, -0.25) is 23.8 Å². The van der Waals surface area contributed by atoms with E-state index < -0.39 is 27.4 Å². The number of carbonyl (C=O) groups excluding carboxylic acids is 2. The Balaban J connectivity index is 0.000000314. The molecule has 14 nitrogen and oxygen atoms in total. The number of halogens is 1. The van der Waals surface area contributed by atoms with E-state index in [1.54, 1.807) is 6.07 Å². The van der Waals surface area contributed by atoms with Crippen molar-refractivity contribution in [2.24, 2.45) is 16.7 Å². The highest BCUT2D eigenvalue weighted by atomic mass is 32.2. The lowest BCUT2D eigenvalue weighted by atomic mass is 9.70. The molecule has 4 aromatic rings. The maximum Gasteiger partial charge on any atom is 0.305 e. The molecule has 4 aliphatic rings. The molecule has 2 aromatic carbocycles. The van der Waals surface area contributed by atoms with Crippen molar-refractivity contribution in [3.63, 3.8) is 0 Å². The number of H-pyrrole nitrogens is 1. The molecule has 18 heteroatoms. The number of morpholine rings is 1. The van der Waals surface area contributed by atoms with Gasteiger partial charge in [-0.1, -0.05) is 57.2 Å². The van der Waals surface area contributed by atoms with Crippen molar-refractivity contribution in [1.82, 2.24) is 25.1 Å². The Kier molecular flexibility index (Phi) is 13.3. The molecule has 61 heavy (non-hydrogen) atoms. The van der Waals surface area contributed by atoms with Crippen LogP contribution in [0.5, 0.6) is 5.75 Å². The summed E-state index contributed by atoms with van der Waals surface area (Å²) < 4.78 is 52.5. The van der Waals surface area contributed by atoms with Crippen LogP contribution in [0.15, 0.2) is 40.5 Å². The van der Waals surface area contributed by atoms with E-state index >= 15 is 0 Å². The first kappa shape index (κ1) is 45.4. The second kappa shape index (κ2) is 17.9. The number of hydrogen-bond acceptors (Lipinski definition) is 13. The third kappa shape index (κ3) is 9.66. The van der Waals surface area contributed by atoms with Crippen LogP contribution >= 0.6 is 22.7 Å². The number of benzene rings is 2. The molecular weight excluding hydrogens is 846 g/mol. The van der Waals surface area contributed by atoms with Crippen LogP contribution in [0.25, 0.3) is 10.2 Å². The molecule has 4 fully saturated rings. The van der Waals surface area contributed by atoms with Crippen molar-refractivity contribution in [2.75, 3.05) is 51.6 Å². The maximum absolute atomic E-state index is 14.7. The van der Waals surface area contributed by atoms with Gasteiger partial charge in [0.05, 0.1) is 45.7 Å². The van der Waals surface area contributed by atoms with Crippen LogP contribution in [0, 0.1) is 22.6 Å². The Morgan fingerprint density at radius 1 is 1.13 bits per heavy atom. The van der Waals surface area contributed by atoms with E-state index in [2.05, 4.69) is 34.0 Å². The Bertz CT molecular complexity index is 2420. The topological polar surface area (TPSA) is 202 Å². The van der Waals surface area contributed by atoms with Gasteiger partial charge < -0.3 is 30.2 Å². The third-order valence-corrected chi connectivity index (χ3v) is 16.4. The first-order valence-electron chi connectivity index (χ1n) is 20.9. The first-order chi connectivity index (χ1) is 28.8. The zero-order chi connectivity index (χ0) is 43.9. The lowest BCUT2D eigenvalue weighted by Crippen LogP contribution is -2.58. The SMILES string of the molecule is CC(C)c1nc(C(=O)N2CCOC3(CCN(Cc4ccc(F)c(CCNC[C@H](O)c5ccc(O)c6[nH]c(=O)sc56)c4)CC3)C2)cs1.CC1(C)[C@@H]2CC[C@]1(CS(=O)(=O)O)C(=O)C2. The number of likely N-dealkylation sites (tertiary alicyclic amines) is 1. The highest BCUT2D eigenvalue weighted by Gasteiger charge is 2.65. The van der Waals surface area contributed by atoms with Gasteiger partial charge >= 0.3 is 4.87 Å². The number of nitrogens with zero attached hydrogens (tertiary/aromatic N) is 3. The van der Waals surface area contributed by atoms with E-state index in [1.165, 1.54) is 23.5 Å². The Labute approximate surface area is 363 Å². The number of aliphatic hydroxyl groups is 1. The molecule has 2 bridgehead atoms. The van der Waals surface area contributed by atoms with Crippen LogP contribution < -0.4 is 10.2 Å². The number of fused-ring (bicyclic) bond motifs is 3. The molecule has 332 valence electrons. The minimum absolute atomic E-state index is 0.0152. The minimum atomic E-state index is -4.08. The standard InChI is InChI=1S/C33H40FN5O5S2.C10H16O4S/c1-20(2)30-36-25(18-45-30)31(42)39-13-14-44-33(19-39)8-11-38(12-9-33)17-21-3-5-24(34)22(15-21)7-10-35-16-27(41)23-4-6-26(40)28-29(23)46-32(43)37-28;1-9(2)7-3-4-10(9,8(11)5-7)6-15(12,13)14/h3-6,15,18,20,27,35,40-41H,7-14,16-17,19H2,1-2H3,(H,37,43);7H,3-6H2,1-2H3,(H,12,13,14)/t27-;7-,10+/m01/s1. The number of aromatic hydroxyl groups is 1. The van der Waals surface area contributed by atoms with Crippen LogP contribution in [0.3, 0.4) is 0 Å². The van der Waals surface area contributed by atoms with Gasteiger partial charge in [-0.25, -0.2) is 9.37 Å². The number of thiazole rings is 2. The fourth-order valence-electron chi connectivity index (χ4n) is 9.72. The Hall–Kier alpha value is -3.62. The number of carbonyl (C=O) groups is 2. The van der Waals surface area contributed by atoms with Gasteiger partial charge in [0, 0.05) is 56.0 Å². The predicted octanol–water partition coefficient (Wildman–Crippen LogP) is 5.66. The van der Waals surface area contributed by atoms with E-state index in [-0.39, 0.29) is 51.6 Å². The van der Waals surface area contributed by atoms with Crippen LogP contribution in [0.1, 0.15) is 104 Å². The molecule has 2 saturated heterocycles. The normalized spacial score (nSPS) is 22.9. The zero-order valence-electron chi connectivity index (χ0n) is 35.0. The number of Topliss-reactive ketones (excluding diaryl/α,β-unsaturated/α-hetero) is 1. The van der Waals surface area contributed by atoms with Crippen molar-refractivity contribution >= 4 is 54.7 Å². The highest BCUT2D eigenvalue weighted by molar-refractivity contribution is 7.85. The van der Waals surface area contributed by atoms with Gasteiger partial charge in [0.2, 0.25) is 0 Å². The van der Waals surface area contributed by atoms with Crippen LogP contribution in [-0.4, -0.2) is 112 Å². The molecule has 2 aliphatic heterocycles. The molecule has 5 N–H and O–H groups in total. The molecule has 8 rings (SSSR count). The molecule has 1 spiro atoms. The number of aromatic nitrogens is 2. The maximum atomic E-state index is 14.7. The first-order valence-corrected chi connectivity index (χ1v) is 24.2.